The van der Waals surface area contributed by atoms with Crippen LogP contribution in [-0.2, 0) is 0 Å². The van der Waals surface area contributed by atoms with Gasteiger partial charge in [0.15, 0.2) is 23.2 Å². The monoisotopic (exact) mass is 952 g/mol. The van der Waals surface area contributed by atoms with Crippen molar-refractivity contribution in [1.29, 1.82) is 10.5 Å². The lowest BCUT2D eigenvalue weighted by molar-refractivity contribution is 0.347. The number of thiophene rings is 1. The number of nitrogens with zero attached hydrogens (tertiary/aromatic N) is 6. The highest BCUT2D eigenvalue weighted by Gasteiger charge is 2.26. The Morgan fingerprint density at radius 1 is 0.639 bits per heavy atom. The van der Waals surface area contributed by atoms with Crippen molar-refractivity contribution in [2.24, 2.45) is 20.9 Å². The van der Waals surface area contributed by atoms with Crippen LogP contribution in [0.25, 0.3) is 81.0 Å². The molecule has 10 aromatic rings. The SMILES string of the molecule is Bc1c(O)c(O)c(O)c(O)c1/C(N=C)=N/C(=N\CC1C=CC=CC1)c1cc(-n2c3ccccc3c3ccc(-c4c(C#N)cccc4C#N)cc32)cc2c1sc1c(-c3cccc(-c4ccccc4)c3)cccc12. The van der Waals surface area contributed by atoms with Crippen molar-refractivity contribution >= 4 is 85.0 Å². The van der Waals surface area contributed by atoms with Crippen LogP contribution >= 0.6 is 11.3 Å². The average Bonchev–Trinajstić information content (AvgIpc) is 3.98. The zero-order valence-corrected chi connectivity index (χ0v) is 39.6. The Morgan fingerprint density at radius 3 is 2.10 bits per heavy atom. The van der Waals surface area contributed by atoms with E-state index in [0.717, 1.165) is 76.3 Å². The van der Waals surface area contributed by atoms with Crippen LogP contribution in [0.5, 0.6) is 23.0 Å². The number of aromatic hydroxyl groups is 4. The van der Waals surface area contributed by atoms with Gasteiger partial charge in [0.1, 0.15) is 7.85 Å². The summed E-state index contributed by atoms with van der Waals surface area (Å²) in [5.41, 5.74) is 9.35. The van der Waals surface area contributed by atoms with Crippen LogP contribution in [0.3, 0.4) is 0 Å². The Bertz CT molecular complexity index is 4060. The maximum absolute atomic E-state index is 11.4. The molecular weight excluding hydrogens is 912 g/mol. The van der Waals surface area contributed by atoms with E-state index in [4.69, 9.17) is 9.98 Å². The lowest BCUT2D eigenvalue weighted by atomic mass is 9.87. The molecular formula is C60H41BN6O4S. The lowest BCUT2D eigenvalue weighted by Crippen LogP contribution is -2.18. The van der Waals surface area contributed by atoms with Crippen molar-refractivity contribution in [2.75, 3.05) is 6.54 Å². The number of aliphatic imine (C=N–C) groups is 3. The normalized spacial score (nSPS) is 13.8. The Kier molecular flexibility index (Phi) is 11.5. The van der Waals surface area contributed by atoms with Crippen LogP contribution in [0.4, 0.5) is 0 Å². The minimum Gasteiger partial charge on any atom is -0.505 e. The predicted octanol–water partition coefficient (Wildman–Crippen LogP) is 12.0. The maximum atomic E-state index is 11.4. The van der Waals surface area contributed by atoms with E-state index in [1.807, 2.05) is 66.7 Å². The first kappa shape index (κ1) is 45.0. The number of amidine groups is 2. The van der Waals surface area contributed by atoms with E-state index in [-0.39, 0.29) is 28.6 Å². The van der Waals surface area contributed by atoms with Crippen molar-refractivity contribution < 1.29 is 20.4 Å². The molecule has 0 bridgehead atoms. The molecule has 72 heavy (non-hydrogen) atoms. The highest BCUT2D eigenvalue weighted by molar-refractivity contribution is 7.26. The molecule has 0 aliphatic heterocycles. The van der Waals surface area contributed by atoms with Crippen molar-refractivity contribution in [2.45, 2.75) is 6.42 Å². The predicted molar refractivity (Wildman–Crippen MR) is 295 cm³/mol. The molecule has 10 nitrogen and oxygen atoms in total. The lowest BCUT2D eigenvalue weighted by Gasteiger charge is -2.16. The second-order valence-corrected chi connectivity index (χ2v) is 18.6. The number of hydrogen-bond donors (Lipinski definition) is 4. The molecule has 2 heterocycles. The van der Waals surface area contributed by atoms with E-state index >= 15 is 0 Å². The fraction of sp³-hybridized carbons (Fsp3) is 0.0500. The number of rotatable bonds is 8. The quantitative estimate of drug-likeness (QED) is 0.0388. The molecule has 2 aromatic heterocycles. The Balaban J connectivity index is 1.24. The van der Waals surface area contributed by atoms with Gasteiger partial charge in [-0.05, 0) is 88.9 Å². The summed E-state index contributed by atoms with van der Waals surface area (Å²) in [5.74, 6) is -3.02. The molecule has 11 rings (SSSR count). The molecule has 12 heteroatoms. The van der Waals surface area contributed by atoms with E-state index in [2.05, 4.69) is 113 Å². The van der Waals surface area contributed by atoms with Gasteiger partial charge in [0.05, 0.1) is 39.9 Å². The third kappa shape index (κ3) is 7.64. The summed E-state index contributed by atoms with van der Waals surface area (Å²) in [6, 6.07) is 53.3. The average molecular weight is 953 g/mol. The van der Waals surface area contributed by atoms with Crippen molar-refractivity contribution in [3.63, 3.8) is 0 Å². The van der Waals surface area contributed by atoms with Gasteiger partial charge in [0.25, 0.3) is 0 Å². The molecule has 4 N–H and O–H groups in total. The number of phenols is 4. The molecule has 0 spiro atoms. The summed E-state index contributed by atoms with van der Waals surface area (Å²) in [5, 5.41) is 68.0. The highest BCUT2D eigenvalue weighted by atomic mass is 32.1. The fourth-order valence-electron chi connectivity index (χ4n) is 9.87. The minimum atomic E-state index is -0.926. The van der Waals surface area contributed by atoms with Crippen LogP contribution in [0, 0.1) is 28.6 Å². The van der Waals surface area contributed by atoms with E-state index in [1.165, 1.54) is 7.85 Å². The van der Waals surface area contributed by atoms with Gasteiger partial charge >= 0.3 is 0 Å². The first-order valence-electron chi connectivity index (χ1n) is 23.2. The van der Waals surface area contributed by atoms with Crippen LogP contribution in [-0.4, -0.2) is 57.8 Å². The van der Waals surface area contributed by atoms with Gasteiger partial charge in [0.2, 0.25) is 11.5 Å². The summed E-state index contributed by atoms with van der Waals surface area (Å²) >= 11 is 1.61. The van der Waals surface area contributed by atoms with Crippen LogP contribution < -0.4 is 5.46 Å². The van der Waals surface area contributed by atoms with Gasteiger partial charge in [-0.15, -0.1) is 11.3 Å². The summed E-state index contributed by atoms with van der Waals surface area (Å²) < 4.78 is 4.08. The van der Waals surface area contributed by atoms with E-state index < -0.39 is 23.0 Å². The third-order valence-electron chi connectivity index (χ3n) is 13.4. The van der Waals surface area contributed by atoms with Gasteiger partial charge in [-0.25, -0.2) is 9.98 Å². The van der Waals surface area contributed by atoms with Gasteiger partial charge in [-0.3, -0.25) is 4.99 Å². The third-order valence-corrected chi connectivity index (χ3v) is 14.7. The molecule has 0 fully saturated rings. The topological polar surface area (TPSA) is 171 Å². The summed E-state index contributed by atoms with van der Waals surface area (Å²) in [6.07, 6.45) is 8.94. The van der Waals surface area contributed by atoms with Crippen LogP contribution in [0.15, 0.2) is 185 Å². The fourth-order valence-corrected chi connectivity index (χ4v) is 11.2. The van der Waals surface area contributed by atoms with Crippen molar-refractivity contribution in [1.82, 2.24) is 4.57 Å². The zero-order chi connectivity index (χ0) is 49.6. The Hall–Kier alpha value is -9.49. The van der Waals surface area contributed by atoms with Gasteiger partial charge in [-0.1, -0.05) is 127 Å². The van der Waals surface area contributed by atoms with Crippen molar-refractivity contribution in [3.05, 3.63) is 192 Å². The molecule has 1 aliphatic rings. The molecule has 1 unspecified atom stereocenters. The van der Waals surface area contributed by atoms with E-state index in [1.54, 1.807) is 29.5 Å². The van der Waals surface area contributed by atoms with E-state index in [0.29, 0.717) is 34.4 Å². The number of nitriles is 2. The molecule has 8 aromatic carbocycles. The van der Waals surface area contributed by atoms with Gasteiger partial charge in [0, 0.05) is 60.2 Å². The summed E-state index contributed by atoms with van der Waals surface area (Å²) in [6.45, 7) is 4.15. The molecule has 0 radical (unpaired) electrons. The second kappa shape index (κ2) is 18.4. The number of allylic oxidation sites excluding steroid dienone is 3. The molecule has 0 saturated heterocycles. The number of phenolic OH excluding ortho intramolecular Hbond substituents is 4. The number of aromatic nitrogens is 1. The number of benzene rings is 8. The van der Waals surface area contributed by atoms with Crippen molar-refractivity contribution in [3.8, 4) is 74.2 Å². The number of para-hydroxylation sites is 1. The first-order valence-corrected chi connectivity index (χ1v) is 24.0. The van der Waals surface area contributed by atoms with Gasteiger partial charge < -0.3 is 25.0 Å². The second-order valence-electron chi connectivity index (χ2n) is 17.6. The highest BCUT2D eigenvalue weighted by Crippen LogP contribution is 2.46. The smallest absolute Gasteiger partial charge is 0.205 e. The standard InChI is InChI=1S/C60H41BN6O4S/c1-64-60(51-52(61)54(69)56(71)55(70)53(51)68)66-59(65-33-34-13-4-2-5-14-34)47-30-41(29-46-45-23-12-22-42(57(45)72-58(46)47)37-18-10-17-36(27-37)35-15-6-3-7-16-35)67-48-24-9-8-21-43(48)44-26-25-38(28-49(44)67)50-39(31-62)19-11-20-40(50)32-63/h2-13,15-30,34,68-71H,1,14,33,61H2/b65-59-,66-60-. The molecule has 0 saturated carbocycles. The Labute approximate surface area is 418 Å². The molecule has 1 atom stereocenters. The summed E-state index contributed by atoms with van der Waals surface area (Å²) in [7, 11) is 1.48. The van der Waals surface area contributed by atoms with E-state index in [9.17, 15) is 30.9 Å². The number of hydrogen-bond acceptors (Lipinski definition) is 8. The first-order chi connectivity index (χ1) is 35.2. The molecule has 1 aliphatic carbocycles. The van der Waals surface area contributed by atoms with Gasteiger partial charge in [-0.2, -0.15) is 10.5 Å². The van der Waals surface area contributed by atoms with Crippen LogP contribution in [0.1, 0.15) is 28.7 Å². The Morgan fingerprint density at radius 2 is 1.33 bits per heavy atom. The largest absolute Gasteiger partial charge is 0.505 e. The molecule has 344 valence electrons. The molecule has 0 amide bonds. The van der Waals surface area contributed by atoms with Crippen LogP contribution in [0.2, 0.25) is 0 Å². The minimum absolute atomic E-state index is 0.0235. The summed E-state index contributed by atoms with van der Waals surface area (Å²) in [4.78, 5) is 14.6. The maximum Gasteiger partial charge on any atom is 0.205 e. The number of fused-ring (bicyclic) bond motifs is 6. The zero-order valence-electron chi connectivity index (χ0n) is 38.7.